The SMILES string of the molecule is CCCC1CCC(c2ccc(C3CCC(CC)C(F)(F)C3)c(F)c2F)CO1. The molecule has 1 aliphatic heterocycles. The fourth-order valence-corrected chi connectivity index (χ4v) is 4.79. The van der Waals surface area contributed by atoms with Crippen LogP contribution in [0.1, 0.15) is 88.2 Å². The average Bonchev–Trinajstić information content (AvgIpc) is 2.64. The molecule has 0 amide bonds. The van der Waals surface area contributed by atoms with E-state index in [4.69, 9.17) is 4.74 Å². The normalized spacial score (nSPS) is 31.0. The number of rotatable bonds is 5. The van der Waals surface area contributed by atoms with Gasteiger partial charge in [0.2, 0.25) is 0 Å². The first-order valence-corrected chi connectivity index (χ1v) is 10.3. The molecule has 1 aromatic carbocycles. The highest BCUT2D eigenvalue weighted by Gasteiger charge is 2.45. The van der Waals surface area contributed by atoms with Gasteiger partial charge in [-0.1, -0.05) is 32.4 Å². The Bertz CT molecular complexity index is 637. The molecule has 1 aliphatic carbocycles. The minimum Gasteiger partial charge on any atom is -0.378 e. The predicted octanol–water partition coefficient (Wildman–Crippen LogP) is 6.96. The lowest BCUT2D eigenvalue weighted by Gasteiger charge is -2.36. The molecule has 1 heterocycles. The molecule has 5 heteroatoms. The van der Waals surface area contributed by atoms with Gasteiger partial charge in [-0.3, -0.25) is 0 Å². The summed E-state index contributed by atoms with van der Waals surface area (Å²) in [6, 6.07) is 3.12. The van der Waals surface area contributed by atoms with Crippen LogP contribution in [0, 0.1) is 17.6 Å². The van der Waals surface area contributed by atoms with Gasteiger partial charge in [0.1, 0.15) is 0 Å². The van der Waals surface area contributed by atoms with E-state index in [1.54, 1.807) is 13.0 Å². The maximum atomic E-state index is 14.8. The predicted molar refractivity (Wildman–Crippen MR) is 98.3 cm³/mol. The molecule has 27 heavy (non-hydrogen) atoms. The fourth-order valence-electron chi connectivity index (χ4n) is 4.79. The zero-order valence-electron chi connectivity index (χ0n) is 16.2. The molecular formula is C22H30F4O. The van der Waals surface area contributed by atoms with Crippen LogP contribution < -0.4 is 0 Å². The van der Waals surface area contributed by atoms with Crippen molar-refractivity contribution < 1.29 is 22.3 Å². The molecular weight excluding hydrogens is 356 g/mol. The number of hydrogen-bond acceptors (Lipinski definition) is 1. The highest BCUT2D eigenvalue weighted by atomic mass is 19.3. The van der Waals surface area contributed by atoms with Crippen molar-refractivity contribution in [2.75, 3.05) is 6.61 Å². The van der Waals surface area contributed by atoms with Gasteiger partial charge in [-0.25, -0.2) is 17.6 Å². The number of halogens is 4. The summed E-state index contributed by atoms with van der Waals surface area (Å²) in [5.74, 6) is -6.09. The molecule has 1 nitrogen and oxygen atoms in total. The smallest absolute Gasteiger partial charge is 0.251 e. The van der Waals surface area contributed by atoms with Crippen molar-refractivity contribution in [3.8, 4) is 0 Å². The van der Waals surface area contributed by atoms with E-state index in [1.807, 2.05) is 0 Å². The van der Waals surface area contributed by atoms with Gasteiger partial charge in [0, 0.05) is 18.3 Å². The molecule has 1 saturated carbocycles. The molecule has 3 rings (SSSR count). The largest absolute Gasteiger partial charge is 0.378 e. The van der Waals surface area contributed by atoms with E-state index in [-0.39, 0.29) is 17.6 Å². The van der Waals surface area contributed by atoms with Crippen LogP contribution in [0.15, 0.2) is 12.1 Å². The topological polar surface area (TPSA) is 9.23 Å². The molecule has 0 bridgehead atoms. The number of benzene rings is 1. The summed E-state index contributed by atoms with van der Waals surface area (Å²) < 4.78 is 63.9. The summed E-state index contributed by atoms with van der Waals surface area (Å²) in [4.78, 5) is 0. The van der Waals surface area contributed by atoms with Crippen molar-refractivity contribution in [1.29, 1.82) is 0 Å². The Hall–Kier alpha value is -1.10. The third kappa shape index (κ3) is 4.33. The van der Waals surface area contributed by atoms with Gasteiger partial charge in [0.15, 0.2) is 11.6 Å². The first kappa shape index (κ1) is 20.6. The zero-order chi connectivity index (χ0) is 19.6. The Morgan fingerprint density at radius 1 is 0.963 bits per heavy atom. The summed E-state index contributed by atoms with van der Waals surface area (Å²) >= 11 is 0. The van der Waals surface area contributed by atoms with Crippen LogP contribution in [0.25, 0.3) is 0 Å². The highest BCUT2D eigenvalue weighted by molar-refractivity contribution is 5.32. The van der Waals surface area contributed by atoms with Crippen LogP contribution >= 0.6 is 0 Å². The quantitative estimate of drug-likeness (QED) is 0.497. The first-order valence-electron chi connectivity index (χ1n) is 10.3. The van der Waals surface area contributed by atoms with Crippen molar-refractivity contribution in [3.05, 3.63) is 34.9 Å². The lowest BCUT2D eigenvalue weighted by Crippen LogP contribution is -2.35. The number of alkyl halides is 2. The minimum atomic E-state index is -2.81. The van der Waals surface area contributed by atoms with Gasteiger partial charge in [-0.05, 0) is 55.6 Å². The molecule has 1 saturated heterocycles. The van der Waals surface area contributed by atoms with Crippen LogP contribution in [0.2, 0.25) is 0 Å². The van der Waals surface area contributed by atoms with E-state index in [0.717, 1.165) is 25.7 Å². The van der Waals surface area contributed by atoms with Crippen LogP contribution in [0.4, 0.5) is 17.6 Å². The van der Waals surface area contributed by atoms with E-state index in [9.17, 15) is 17.6 Å². The summed E-state index contributed by atoms with van der Waals surface area (Å²) in [6.45, 7) is 4.24. The van der Waals surface area contributed by atoms with E-state index in [0.29, 0.717) is 31.4 Å². The van der Waals surface area contributed by atoms with Crippen molar-refractivity contribution >= 4 is 0 Å². The Kier molecular flexibility index (Phi) is 6.50. The molecule has 0 spiro atoms. The Balaban J connectivity index is 1.74. The molecule has 4 atom stereocenters. The first-order chi connectivity index (χ1) is 12.9. The summed E-state index contributed by atoms with van der Waals surface area (Å²) in [7, 11) is 0. The highest BCUT2D eigenvalue weighted by Crippen LogP contribution is 2.47. The maximum Gasteiger partial charge on any atom is 0.251 e. The number of hydrogen-bond donors (Lipinski definition) is 0. The monoisotopic (exact) mass is 386 g/mol. The second kappa shape index (κ2) is 8.50. The van der Waals surface area contributed by atoms with Gasteiger partial charge < -0.3 is 4.74 Å². The van der Waals surface area contributed by atoms with E-state index in [2.05, 4.69) is 6.92 Å². The van der Waals surface area contributed by atoms with Crippen molar-refractivity contribution in [3.63, 3.8) is 0 Å². The van der Waals surface area contributed by atoms with Gasteiger partial charge in [0.05, 0.1) is 12.7 Å². The minimum absolute atomic E-state index is 0.103. The van der Waals surface area contributed by atoms with Crippen molar-refractivity contribution in [2.24, 2.45) is 5.92 Å². The molecule has 2 aliphatic rings. The zero-order valence-corrected chi connectivity index (χ0v) is 16.2. The average molecular weight is 386 g/mol. The molecule has 2 fully saturated rings. The second-order valence-corrected chi connectivity index (χ2v) is 8.23. The molecule has 0 aromatic heterocycles. The second-order valence-electron chi connectivity index (χ2n) is 8.23. The lowest BCUT2D eigenvalue weighted by molar-refractivity contribution is -0.0930. The fraction of sp³-hybridized carbons (Fsp3) is 0.727. The summed E-state index contributed by atoms with van der Waals surface area (Å²) in [5, 5.41) is 0. The summed E-state index contributed by atoms with van der Waals surface area (Å²) in [6.07, 6.45) is 4.68. The van der Waals surface area contributed by atoms with Crippen LogP contribution in [-0.2, 0) is 4.74 Å². The van der Waals surface area contributed by atoms with Crippen molar-refractivity contribution in [1.82, 2.24) is 0 Å². The molecule has 4 unspecified atom stereocenters. The van der Waals surface area contributed by atoms with Gasteiger partial charge in [0.25, 0.3) is 5.92 Å². The van der Waals surface area contributed by atoms with Gasteiger partial charge in [-0.15, -0.1) is 0 Å². The maximum absolute atomic E-state index is 14.8. The lowest BCUT2D eigenvalue weighted by atomic mass is 9.74. The molecule has 0 radical (unpaired) electrons. The molecule has 0 N–H and O–H groups in total. The van der Waals surface area contributed by atoms with Gasteiger partial charge in [-0.2, -0.15) is 0 Å². The van der Waals surface area contributed by atoms with Crippen LogP contribution in [0.5, 0.6) is 0 Å². The molecule has 1 aromatic rings. The Morgan fingerprint density at radius 2 is 1.59 bits per heavy atom. The standard InChI is InChI=1S/C22H30F4O/c1-3-5-17-9-7-15(13-27-17)19-11-10-18(20(23)21(19)24)14-6-8-16(4-2)22(25,26)12-14/h10-11,14-17H,3-9,12-13H2,1-2H3. The van der Waals surface area contributed by atoms with Crippen molar-refractivity contribution in [2.45, 2.75) is 89.1 Å². The summed E-state index contributed by atoms with van der Waals surface area (Å²) in [5.41, 5.74) is 0.422. The van der Waals surface area contributed by atoms with E-state index >= 15 is 0 Å². The molecule has 152 valence electrons. The Labute approximate surface area is 159 Å². The van der Waals surface area contributed by atoms with Crippen LogP contribution in [0.3, 0.4) is 0 Å². The third-order valence-corrected chi connectivity index (χ3v) is 6.47. The third-order valence-electron chi connectivity index (χ3n) is 6.47. The van der Waals surface area contributed by atoms with E-state index in [1.165, 1.54) is 6.07 Å². The number of ether oxygens (including phenoxy) is 1. The Morgan fingerprint density at radius 3 is 2.11 bits per heavy atom. The van der Waals surface area contributed by atoms with Gasteiger partial charge >= 0.3 is 0 Å². The van der Waals surface area contributed by atoms with E-state index < -0.39 is 35.8 Å². The van der Waals surface area contributed by atoms with Crippen LogP contribution in [-0.4, -0.2) is 18.6 Å².